The van der Waals surface area contributed by atoms with Gasteiger partial charge in [-0.15, -0.1) is 0 Å². The predicted octanol–water partition coefficient (Wildman–Crippen LogP) is 2.07. The van der Waals surface area contributed by atoms with Crippen LogP contribution in [0, 0.1) is 17.7 Å². The Balaban J connectivity index is 2.07. The summed E-state index contributed by atoms with van der Waals surface area (Å²) in [6, 6.07) is 0. The molecule has 5 heteroatoms. The van der Waals surface area contributed by atoms with Gasteiger partial charge in [0.2, 0.25) is 5.95 Å². The molecule has 2 rings (SSSR count). The first-order valence-corrected chi connectivity index (χ1v) is 6.11. The minimum Gasteiger partial charge on any atom is -0.368 e. The van der Waals surface area contributed by atoms with Crippen molar-refractivity contribution in [1.82, 2.24) is 9.97 Å². The molecule has 0 bridgehead atoms. The van der Waals surface area contributed by atoms with Crippen LogP contribution in [0.2, 0.25) is 0 Å². The SMILES string of the molecule is CC(C)C1CCN(c2nc(N)ncc2F)CC1. The minimum atomic E-state index is -0.387. The molecule has 0 amide bonds. The third kappa shape index (κ3) is 2.65. The lowest BCUT2D eigenvalue weighted by Crippen LogP contribution is -2.36. The first-order valence-electron chi connectivity index (χ1n) is 6.11. The molecule has 1 saturated heterocycles. The van der Waals surface area contributed by atoms with Gasteiger partial charge >= 0.3 is 0 Å². The quantitative estimate of drug-likeness (QED) is 0.857. The van der Waals surface area contributed by atoms with Crippen molar-refractivity contribution in [3.63, 3.8) is 0 Å². The lowest BCUT2D eigenvalue weighted by Gasteiger charge is -2.34. The van der Waals surface area contributed by atoms with E-state index in [1.807, 2.05) is 4.90 Å². The van der Waals surface area contributed by atoms with E-state index in [-0.39, 0.29) is 11.8 Å². The zero-order valence-electron chi connectivity index (χ0n) is 10.4. The number of rotatable bonds is 2. The van der Waals surface area contributed by atoms with E-state index >= 15 is 0 Å². The average Bonchev–Trinajstić information content (AvgIpc) is 2.32. The van der Waals surface area contributed by atoms with Crippen LogP contribution >= 0.6 is 0 Å². The summed E-state index contributed by atoms with van der Waals surface area (Å²) < 4.78 is 13.6. The van der Waals surface area contributed by atoms with E-state index in [1.165, 1.54) is 0 Å². The van der Waals surface area contributed by atoms with E-state index in [9.17, 15) is 4.39 Å². The Morgan fingerprint density at radius 1 is 1.41 bits per heavy atom. The second-order valence-corrected chi connectivity index (χ2v) is 4.97. The summed E-state index contributed by atoms with van der Waals surface area (Å²) in [5.41, 5.74) is 5.49. The highest BCUT2D eigenvalue weighted by Gasteiger charge is 2.24. The molecule has 0 spiro atoms. The van der Waals surface area contributed by atoms with Gasteiger partial charge in [-0.2, -0.15) is 4.98 Å². The molecule has 2 heterocycles. The van der Waals surface area contributed by atoms with E-state index in [0.29, 0.717) is 11.7 Å². The van der Waals surface area contributed by atoms with Crippen molar-refractivity contribution in [2.45, 2.75) is 26.7 Å². The molecule has 2 N–H and O–H groups in total. The Morgan fingerprint density at radius 3 is 2.65 bits per heavy atom. The van der Waals surface area contributed by atoms with Crippen molar-refractivity contribution in [1.29, 1.82) is 0 Å². The van der Waals surface area contributed by atoms with Gasteiger partial charge in [-0.3, -0.25) is 0 Å². The Labute approximate surface area is 101 Å². The van der Waals surface area contributed by atoms with Gasteiger partial charge in [0.15, 0.2) is 11.6 Å². The molecule has 94 valence electrons. The zero-order valence-corrected chi connectivity index (χ0v) is 10.4. The van der Waals surface area contributed by atoms with Crippen LogP contribution in [0.3, 0.4) is 0 Å². The van der Waals surface area contributed by atoms with Crippen LogP contribution in [0.25, 0.3) is 0 Å². The summed E-state index contributed by atoms with van der Waals surface area (Å²) >= 11 is 0. The summed E-state index contributed by atoms with van der Waals surface area (Å²) in [7, 11) is 0. The Hall–Kier alpha value is -1.39. The van der Waals surface area contributed by atoms with Crippen LogP contribution < -0.4 is 10.6 Å². The summed E-state index contributed by atoms with van der Waals surface area (Å²) in [5, 5.41) is 0. The number of hydrogen-bond acceptors (Lipinski definition) is 4. The fraction of sp³-hybridized carbons (Fsp3) is 0.667. The number of nitrogen functional groups attached to an aromatic ring is 1. The van der Waals surface area contributed by atoms with Crippen LogP contribution in [0.5, 0.6) is 0 Å². The van der Waals surface area contributed by atoms with Crippen LogP contribution in [0.15, 0.2) is 6.20 Å². The molecule has 0 radical (unpaired) electrons. The topological polar surface area (TPSA) is 55.0 Å². The number of piperidine rings is 1. The van der Waals surface area contributed by atoms with Crippen LogP contribution in [0.1, 0.15) is 26.7 Å². The molecule has 17 heavy (non-hydrogen) atoms. The molecule has 0 atom stereocenters. The van der Waals surface area contributed by atoms with E-state index in [1.54, 1.807) is 0 Å². The van der Waals surface area contributed by atoms with E-state index in [0.717, 1.165) is 38.0 Å². The maximum absolute atomic E-state index is 13.6. The molecule has 0 aromatic carbocycles. The van der Waals surface area contributed by atoms with Crippen molar-refractivity contribution in [3.05, 3.63) is 12.0 Å². The minimum absolute atomic E-state index is 0.132. The van der Waals surface area contributed by atoms with Crippen molar-refractivity contribution in [2.75, 3.05) is 23.7 Å². The fourth-order valence-corrected chi connectivity index (χ4v) is 2.37. The third-order valence-electron chi connectivity index (χ3n) is 3.53. The monoisotopic (exact) mass is 238 g/mol. The Kier molecular flexibility index (Phi) is 3.45. The highest BCUT2D eigenvalue weighted by Crippen LogP contribution is 2.28. The van der Waals surface area contributed by atoms with E-state index < -0.39 is 0 Å². The molecule has 1 aliphatic heterocycles. The van der Waals surface area contributed by atoms with Crippen molar-refractivity contribution < 1.29 is 4.39 Å². The van der Waals surface area contributed by atoms with Crippen molar-refractivity contribution >= 4 is 11.8 Å². The first kappa shape index (κ1) is 12.1. The molecule has 1 aromatic rings. The number of halogens is 1. The number of hydrogen-bond donors (Lipinski definition) is 1. The lowest BCUT2D eigenvalue weighted by atomic mass is 9.87. The number of nitrogens with zero attached hydrogens (tertiary/aromatic N) is 3. The van der Waals surface area contributed by atoms with Gasteiger partial charge in [0.1, 0.15) is 0 Å². The van der Waals surface area contributed by atoms with E-state index in [2.05, 4.69) is 23.8 Å². The molecule has 1 aliphatic rings. The largest absolute Gasteiger partial charge is 0.368 e. The van der Waals surface area contributed by atoms with Gasteiger partial charge in [-0.25, -0.2) is 9.37 Å². The highest BCUT2D eigenvalue weighted by molar-refractivity contribution is 5.42. The van der Waals surface area contributed by atoms with Gasteiger partial charge in [0, 0.05) is 13.1 Å². The molecule has 1 aromatic heterocycles. The summed E-state index contributed by atoms with van der Waals surface area (Å²) in [6.07, 6.45) is 3.31. The van der Waals surface area contributed by atoms with Gasteiger partial charge in [-0.05, 0) is 24.7 Å². The standard InChI is InChI=1S/C12H19FN4/c1-8(2)9-3-5-17(6-4-9)11-10(13)7-15-12(14)16-11/h7-9H,3-6H2,1-2H3,(H2,14,15,16). The zero-order chi connectivity index (χ0) is 12.4. The molecule has 0 saturated carbocycles. The Bertz CT molecular complexity index is 386. The fourth-order valence-electron chi connectivity index (χ4n) is 2.37. The number of aromatic nitrogens is 2. The van der Waals surface area contributed by atoms with Gasteiger partial charge < -0.3 is 10.6 Å². The van der Waals surface area contributed by atoms with Crippen LogP contribution in [0.4, 0.5) is 16.2 Å². The number of nitrogens with two attached hydrogens (primary N) is 1. The summed E-state index contributed by atoms with van der Waals surface area (Å²) in [4.78, 5) is 9.59. The van der Waals surface area contributed by atoms with Gasteiger partial charge in [0.05, 0.1) is 6.20 Å². The normalized spacial score (nSPS) is 17.8. The maximum Gasteiger partial charge on any atom is 0.222 e. The highest BCUT2D eigenvalue weighted by atomic mass is 19.1. The number of anilines is 2. The van der Waals surface area contributed by atoms with Crippen LogP contribution in [-0.4, -0.2) is 23.1 Å². The van der Waals surface area contributed by atoms with Crippen molar-refractivity contribution in [3.8, 4) is 0 Å². The van der Waals surface area contributed by atoms with Crippen molar-refractivity contribution in [2.24, 2.45) is 11.8 Å². The maximum atomic E-state index is 13.6. The Morgan fingerprint density at radius 2 is 2.06 bits per heavy atom. The second kappa shape index (κ2) is 4.85. The van der Waals surface area contributed by atoms with E-state index in [4.69, 9.17) is 5.73 Å². The summed E-state index contributed by atoms with van der Waals surface area (Å²) in [5.74, 6) is 1.51. The first-order chi connectivity index (χ1) is 8.08. The molecular weight excluding hydrogens is 219 g/mol. The predicted molar refractivity (Wildman–Crippen MR) is 66.2 cm³/mol. The lowest BCUT2D eigenvalue weighted by molar-refractivity contribution is 0.309. The smallest absolute Gasteiger partial charge is 0.222 e. The molecular formula is C12H19FN4. The molecule has 4 nitrogen and oxygen atoms in total. The second-order valence-electron chi connectivity index (χ2n) is 4.97. The molecule has 0 aliphatic carbocycles. The molecule has 1 fully saturated rings. The average molecular weight is 238 g/mol. The third-order valence-corrected chi connectivity index (χ3v) is 3.53. The van der Waals surface area contributed by atoms with Gasteiger partial charge in [-0.1, -0.05) is 13.8 Å². The van der Waals surface area contributed by atoms with Crippen LogP contribution in [-0.2, 0) is 0 Å². The summed E-state index contributed by atoms with van der Waals surface area (Å²) in [6.45, 7) is 6.17. The molecule has 0 unspecified atom stereocenters. The van der Waals surface area contributed by atoms with Gasteiger partial charge in [0.25, 0.3) is 0 Å².